The zero-order chi connectivity index (χ0) is 13.3. The predicted octanol–water partition coefficient (Wildman–Crippen LogP) is 3.86. The Morgan fingerprint density at radius 2 is 1.88 bits per heavy atom. The van der Waals surface area contributed by atoms with Crippen molar-refractivity contribution in [1.29, 1.82) is 0 Å². The maximum absolute atomic E-state index is 10.8. The molecule has 0 aromatic rings. The van der Waals surface area contributed by atoms with Crippen LogP contribution in [0.15, 0.2) is 23.8 Å². The second-order valence-electron chi connectivity index (χ2n) is 5.26. The van der Waals surface area contributed by atoms with Crippen molar-refractivity contribution in [3.8, 4) is 0 Å². The van der Waals surface area contributed by atoms with Gasteiger partial charge in [-0.3, -0.25) is 4.79 Å². The van der Waals surface area contributed by atoms with E-state index in [1.165, 1.54) is 5.57 Å². The first-order chi connectivity index (χ1) is 7.87. The molecule has 0 N–H and O–H groups in total. The second kappa shape index (κ2) is 7.99. The lowest BCUT2D eigenvalue weighted by Gasteiger charge is -2.18. The highest BCUT2D eigenvalue weighted by Crippen LogP contribution is 2.24. The van der Waals surface area contributed by atoms with Gasteiger partial charge in [0, 0.05) is 12.8 Å². The fraction of sp³-hybridized carbons (Fsp3) is 0.600. The van der Waals surface area contributed by atoms with E-state index in [9.17, 15) is 9.59 Å². The Bertz CT molecular complexity index is 309. The van der Waals surface area contributed by atoms with E-state index >= 15 is 0 Å². The second-order valence-corrected chi connectivity index (χ2v) is 5.26. The van der Waals surface area contributed by atoms with Crippen LogP contribution in [-0.2, 0) is 9.59 Å². The van der Waals surface area contributed by atoms with Gasteiger partial charge in [-0.05, 0) is 32.1 Å². The average molecular weight is 236 g/mol. The van der Waals surface area contributed by atoms with Crippen molar-refractivity contribution in [1.82, 2.24) is 0 Å². The Hall–Kier alpha value is -1.18. The van der Waals surface area contributed by atoms with E-state index in [1.807, 2.05) is 6.08 Å². The lowest BCUT2D eigenvalue weighted by Crippen LogP contribution is -2.06. The summed E-state index contributed by atoms with van der Waals surface area (Å²) in [7, 11) is 0. The summed E-state index contributed by atoms with van der Waals surface area (Å²) in [6, 6.07) is 0. The van der Waals surface area contributed by atoms with E-state index in [-0.39, 0.29) is 11.2 Å². The molecule has 0 fully saturated rings. The number of Topliss-reactive ketones (excluding diaryl/α,β-unsaturated/α-hetero) is 1. The Kier molecular flexibility index (Phi) is 7.44. The van der Waals surface area contributed by atoms with Crippen molar-refractivity contribution in [2.24, 2.45) is 5.41 Å². The Morgan fingerprint density at radius 3 is 2.41 bits per heavy atom. The van der Waals surface area contributed by atoms with Crippen LogP contribution < -0.4 is 0 Å². The van der Waals surface area contributed by atoms with Gasteiger partial charge in [0.05, 0.1) is 0 Å². The molecule has 0 heterocycles. The van der Waals surface area contributed by atoms with Crippen molar-refractivity contribution in [2.75, 3.05) is 0 Å². The van der Waals surface area contributed by atoms with E-state index in [0.29, 0.717) is 12.8 Å². The SMILES string of the molecule is CC(=O)C/C=C/C(C)(C)C/C=C(\C)CCC=O. The minimum atomic E-state index is 0.0674. The topological polar surface area (TPSA) is 34.1 Å². The minimum absolute atomic E-state index is 0.0674. The van der Waals surface area contributed by atoms with E-state index in [1.54, 1.807) is 6.92 Å². The smallest absolute Gasteiger partial charge is 0.133 e. The normalized spacial score (nSPS) is 13.1. The first kappa shape index (κ1) is 15.8. The van der Waals surface area contributed by atoms with Crippen LogP contribution in [-0.4, -0.2) is 12.1 Å². The predicted molar refractivity (Wildman–Crippen MR) is 71.9 cm³/mol. The van der Waals surface area contributed by atoms with Crippen molar-refractivity contribution in [3.63, 3.8) is 0 Å². The van der Waals surface area contributed by atoms with Crippen LogP contribution in [0, 0.1) is 5.41 Å². The number of ketones is 1. The van der Waals surface area contributed by atoms with Gasteiger partial charge >= 0.3 is 0 Å². The summed E-state index contributed by atoms with van der Waals surface area (Å²) < 4.78 is 0. The largest absolute Gasteiger partial charge is 0.303 e. The van der Waals surface area contributed by atoms with Gasteiger partial charge in [0.2, 0.25) is 0 Å². The molecule has 96 valence electrons. The highest BCUT2D eigenvalue weighted by Gasteiger charge is 2.11. The summed E-state index contributed by atoms with van der Waals surface area (Å²) in [5.74, 6) is 0.190. The monoisotopic (exact) mass is 236 g/mol. The molecule has 0 spiro atoms. The summed E-state index contributed by atoms with van der Waals surface area (Å²) in [5.41, 5.74) is 1.32. The Morgan fingerprint density at radius 1 is 1.24 bits per heavy atom. The molecule has 0 bridgehead atoms. The molecule has 2 heteroatoms. The Balaban J connectivity index is 4.19. The van der Waals surface area contributed by atoms with Gasteiger partial charge in [-0.25, -0.2) is 0 Å². The van der Waals surface area contributed by atoms with Crippen molar-refractivity contribution in [3.05, 3.63) is 23.8 Å². The lowest BCUT2D eigenvalue weighted by molar-refractivity contribution is -0.116. The van der Waals surface area contributed by atoms with Crippen molar-refractivity contribution < 1.29 is 9.59 Å². The molecular formula is C15H24O2. The molecule has 0 rings (SSSR count). The highest BCUT2D eigenvalue weighted by atomic mass is 16.1. The first-order valence-corrected chi connectivity index (χ1v) is 6.14. The molecule has 0 saturated heterocycles. The summed E-state index contributed by atoms with van der Waals surface area (Å²) in [6.07, 6.45) is 10.1. The molecule has 2 nitrogen and oxygen atoms in total. The lowest BCUT2D eigenvalue weighted by atomic mass is 9.87. The maximum atomic E-state index is 10.8. The van der Waals surface area contributed by atoms with Crippen LogP contribution in [0.4, 0.5) is 0 Å². The molecule has 0 radical (unpaired) electrons. The average Bonchev–Trinajstić information content (AvgIpc) is 2.23. The summed E-state index contributed by atoms with van der Waals surface area (Å²) in [6.45, 7) is 7.94. The number of aldehydes is 1. The maximum Gasteiger partial charge on any atom is 0.133 e. The molecule has 0 atom stereocenters. The van der Waals surface area contributed by atoms with Gasteiger partial charge in [-0.2, -0.15) is 0 Å². The van der Waals surface area contributed by atoms with Gasteiger partial charge in [-0.1, -0.05) is 37.6 Å². The molecule has 0 saturated carbocycles. The number of carbonyl (C=O) groups excluding carboxylic acids is 2. The number of hydrogen-bond acceptors (Lipinski definition) is 2. The molecule has 0 amide bonds. The number of allylic oxidation sites excluding steroid dienone is 4. The Labute approximate surface area is 105 Å². The molecule has 0 aromatic carbocycles. The highest BCUT2D eigenvalue weighted by molar-refractivity contribution is 5.76. The standard InChI is InChI=1S/C15H24O2/c1-13(7-6-12-16)9-11-15(3,4)10-5-8-14(2)17/h5,9-10,12H,6-8,11H2,1-4H3/b10-5+,13-9+. The number of carbonyl (C=O) groups is 2. The van der Waals surface area contributed by atoms with E-state index in [2.05, 4.69) is 32.9 Å². The third kappa shape index (κ3) is 9.73. The molecule has 0 aliphatic carbocycles. The van der Waals surface area contributed by atoms with E-state index in [0.717, 1.165) is 19.1 Å². The first-order valence-electron chi connectivity index (χ1n) is 6.14. The summed E-state index contributed by atoms with van der Waals surface area (Å²) in [5, 5.41) is 0. The van der Waals surface area contributed by atoms with Crippen molar-refractivity contribution >= 4 is 12.1 Å². The van der Waals surface area contributed by atoms with Gasteiger partial charge in [0.25, 0.3) is 0 Å². The fourth-order valence-electron chi connectivity index (χ4n) is 1.44. The van der Waals surface area contributed by atoms with Crippen molar-refractivity contribution in [2.45, 2.75) is 53.4 Å². The van der Waals surface area contributed by atoms with Crippen LogP contribution in [0.3, 0.4) is 0 Å². The van der Waals surface area contributed by atoms with Crippen LogP contribution in [0.25, 0.3) is 0 Å². The van der Waals surface area contributed by atoms with Gasteiger partial charge in [0.15, 0.2) is 0 Å². The van der Waals surface area contributed by atoms with E-state index < -0.39 is 0 Å². The third-order valence-corrected chi connectivity index (χ3v) is 2.61. The zero-order valence-corrected chi connectivity index (χ0v) is 11.5. The minimum Gasteiger partial charge on any atom is -0.303 e. The number of rotatable bonds is 8. The summed E-state index contributed by atoms with van der Waals surface area (Å²) in [4.78, 5) is 21.1. The van der Waals surface area contributed by atoms with Crippen LogP contribution in [0.1, 0.15) is 53.4 Å². The van der Waals surface area contributed by atoms with Crippen LogP contribution in [0.5, 0.6) is 0 Å². The van der Waals surface area contributed by atoms with E-state index in [4.69, 9.17) is 0 Å². The molecule has 0 aromatic heterocycles. The number of hydrogen-bond donors (Lipinski definition) is 0. The quantitative estimate of drug-likeness (QED) is 0.473. The summed E-state index contributed by atoms with van der Waals surface area (Å²) >= 11 is 0. The van der Waals surface area contributed by atoms with Crippen LogP contribution >= 0.6 is 0 Å². The van der Waals surface area contributed by atoms with Gasteiger partial charge in [-0.15, -0.1) is 0 Å². The molecule has 0 aliphatic heterocycles. The van der Waals surface area contributed by atoms with Crippen LogP contribution in [0.2, 0.25) is 0 Å². The molecule has 17 heavy (non-hydrogen) atoms. The fourth-order valence-corrected chi connectivity index (χ4v) is 1.44. The molecule has 0 unspecified atom stereocenters. The molecular weight excluding hydrogens is 212 g/mol. The molecule has 0 aliphatic rings. The third-order valence-electron chi connectivity index (χ3n) is 2.61. The van der Waals surface area contributed by atoms with Gasteiger partial charge < -0.3 is 4.79 Å². The van der Waals surface area contributed by atoms with Gasteiger partial charge in [0.1, 0.15) is 12.1 Å². The zero-order valence-electron chi connectivity index (χ0n) is 11.5.